The summed E-state index contributed by atoms with van der Waals surface area (Å²) < 4.78 is 1.71. The van der Waals surface area contributed by atoms with Crippen molar-refractivity contribution < 1.29 is 4.79 Å². The normalized spacial score (nSPS) is 17.3. The molecule has 1 aliphatic carbocycles. The van der Waals surface area contributed by atoms with Gasteiger partial charge in [-0.1, -0.05) is 6.07 Å². The van der Waals surface area contributed by atoms with Crippen molar-refractivity contribution in [3.05, 3.63) is 24.4 Å². The highest BCUT2D eigenvalue weighted by molar-refractivity contribution is 5.99. The van der Waals surface area contributed by atoms with Crippen molar-refractivity contribution in [2.24, 2.45) is 5.73 Å². The van der Waals surface area contributed by atoms with Gasteiger partial charge in [-0.15, -0.1) is 10.2 Å². The molecule has 0 unspecified atom stereocenters. The van der Waals surface area contributed by atoms with Crippen LogP contribution in [0, 0.1) is 0 Å². The third-order valence-corrected chi connectivity index (χ3v) is 2.78. The summed E-state index contributed by atoms with van der Waals surface area (Å²) >= 11 is 0. The topological polar surface area (TPSA) is 85.3 Å². The molecule has 1 fully saturated rings. The Hall–Kier alpha value is -1.95. The molecule has 0 atom stereocenters. The van der Waals surface area contributed by atoms with Gasteiger partial charge in [0.1, 0.15) is 0 Å². The van der Waals surface area contributed by atoms with Crippen LogP contribution < -0.4 is 11.1 Å². The number of aromatic nitrogens is 3. The third kappa shape index (κ3) is 1.35. The maximum atomic E-state index is 11.7. The first-order valence-corrected chi connectivity index (χ1v) is 5.09. The molecule has 16 heavy (non-hydrogen) atoms. The largest absolute Gasteiger partial charge is 0.317 e. The van der Waals surface area contributed by atoms with E-state index >= 15 is 0 Å². The van der Waals surface area contributed by atoms with Crippen molar-refractivity contribution in [3.8, 4) is 0 Å². The molecule has 0 saturated heterocycles. The van der Waals surface area contributed by atoms with Crippen molar-refractivity contribution >= 4 is 17.5 Å². The molecule has 0 spiro atoms. The van der Waals surface area contributed by atoms with Gasteiger partial charge < -0.3 is 5.73 Å². The van der Waals surface area contributed by atoms with E-state index in [0.717, 1.165) is 12.8 Å². The molecule has 1 aliphatic rings. The summed E-state index contributed by atoms with van der Waals surface area (Å²) in [6.45, 7) is 0. The number of hydrogen-bond donors (Lipinski definition) is 2. The minimum Gasteiger partial charge on any atom is -0.317 e. The summed E-state index contributed by atoms with van der Waals surface area (Å²) in [7, 11) is 0. The summed E-state index contributed by atoms with van der Waals surface area (Å²) in [4.78, 5) is 11.7. The molecule has 2 heterocycles. The average Bonchev–Trinajstić information content (AvgIpc) is 2.92. The lowest BCUT2D eigenvalue weighted by atomic mass is 10.3. The van der Waals surface area contributed by atoms with Crippen molar-refractivity contribution in [2.75, 3.05) is 5.32 Å². The number of fused-ring (bicyclic) bond motifs is 1. The van der Waals surface area contributed by atoms with Crippen LogP contribution in [0.25, 0.3) is 5.65 Å². The number of anilines is 1. The van der Waals surface area contributed by atoms with Gasteiger partial charge in [-0.3, -0.25) is 14.5 Å². The molecule has 1 amide bonds. The quantitative estimate of drug-likeness (QED) is 0.750. The van der Waals surface area contributed by atoms with E-state index in [2.05, 4.69) is 15.5 Å². The number of carbonyl (C=O) groups is 1. The van der Waals surface area contributed by atoms with Crippen molar-refractivity contribution in [3.63, 3.8) is 0 Å². The number of pyridine rings is 1. The number of nitrogens with two attached hydrogens (primary N) is 1. The van der Waals surface area contributed by atoms with Crippen LogP contribution in [0.5, 0.6) is 0 Å². The van der Waals surface area contributed by atoms with Crippen molar-refractivity contribution in [1.29, 1.82) is 0 Å². The van der Waals surface area contributed by atoms with Gasteiger partial charge in [-0.2, -0.15) is 0 Å². The first kappa shape index (κ1) is 9.29. The third-order valence-electron chi connectivity index (χ3n) is 2.78. The van der Waals surface area contributed by atoms with Crippen LogP contribution in [-0.4, -0.2) is 26.0 Å². The Morgan fingerprint density at radius 3 is 3.00 bits per heavy atom. The monoisotopic (exact) mass is 217 g/mol. The second-order valence-corrected chi connectivity index (χ2v) is 4.06. The Bertz CT molecular complexity index is 557. The van der Waals surface area contributed by atoms with E-state index in [9.17, 15) is 4.79 Å². The highest BCUT2D eigenvalue weighted by atomic mass is 16.2. The molecule has 6 nitrogen and oxygen atoms in total. The molecular formula is C10H11N5O. The van der Waals surface area contributed by atoms with Crippen LogP contribution in [0.1, 0.15) is 12.8 Å². The number of nitrogens with one attached hydrogen (secondary N) is 1. The standard InChI is InChI=1S/C10H11N5O/c11-10(4-5-10)8(16)12-9-14-13-7-3-1-2-6-15(7)9/h1-3,6H,4-5,11H2,(H,12,14,16). The van der Waals surface area contributed by atoms with Gasteiger partial charge in [0.15, 0.2) is 5.65 Å². The summed E-state index contributed by atoms with van der Waals surface area (Å²) in [6, 6.07) is 5.53. The van der Waals surface area contributed by atoms with E-state index in [1.165, 1.54) is 0 Å². The van der Waals surface area contributed by atoms with Crippen LogP contribution in [-0.2, 0) is 4.79 Å². The maximum absolute atomic E-state index is 11.7. The molecule has 82 valence electrons. The fraction of sp³-hybridized carbons (Fsp3) is 0.300. The number of rotatable bonds is 2. The van der Waals surface area contributed by atoms with Gasteiger partial charge >= 0.3 is 0 Å². The Morgan fingerprint density at radius 1 is 1.44 bits per heavy atom. The Labute approximate surface area is 91.5 Å². The highest BCUT2D eigenvalue weighted by Gasteiger charge is 2.46. The number of hydrogen-bond acceptors (Lipinski definition) is 4. The van der Waals surface area contributed by atoms with Crippen LogP contribution in [0.3, 0.4) is 0 Å². The highest BCUT2D eigenvalue weighted by Crippen LogP contribution is 2.33. The summed E-state index contributed by atoms with van der Waals surface area (Å²) in [6.07, 6.45) is 3.26. The van der Waals surface area contributed by atoms with Gasteiger partial charge in [0.05, 0.1) is 5.54 Å². The molecule has 0 bridgehead atoms. The SMILES string of the molecule is NC1(C(=O)Nc2nnc3ccccn23)CC1. The Balaban J connectivity index is 1.92. The summed E-state index contributed by atoms with van der Waals surface area (Å²) in [5.74, 6) is 0.225. The average molecular weight is 217 g/mol. The lowest BCUT2D eigenvalue weighted by Crippen LogP contribution is -2.38. The molecule has 2 aromatic rings. The van der Waals surface area contributed by atoms with E-state index in [1.54, 1.807) is 10.6 Å². The van der Waals surface area contributed by atoms with E-state index < -0.39 is 5.54 Å². The fourth-order valence-corrected chi connectivity index (χ4v) is 1.51. The van der Waals surface area contributed by atoms with Crippen LogP contribution >= 0.6 is 0 Å². The fourth-order valence-electron chi connectivity index (χ4n) is 1.51. The van der Waals surface area contributed by atoms with E-state index in [0.29, 0.717) is 11.6 Å². The van der Waals surface area contributed by atoms with Gasteiger partial charge in [-0.05, 0) is 25.0 Å². The Morgan fingerprint density at radius 2 is 2.25 bits per heavy atom. The van der Waals surface area contributed by atoms with Gasteiger partial charge in [0, 0.05) is 6.20 Å². The minimum atomic E-state index is -0.694. The van der Waals surface area contributed by atoms with E-state index in [4.69, 9.17) is 5.73 Å². The first-order valence-electron chi connectivity index (χ1n) is 5.09. The molecule has 0 radical (unpaired) electrons. The first-order chi connectivity index (χ1) is 7.69. The molecule has 2 aromatic heterocycles. The predicted octanol–water partition coefficient (Wildman–Crippen LogP) is 0.159. The second kappa shape index (κ2) is 3.02. The molecule has 0 aromatic carbocycles. The maximum Gasteiger partial charge on any atom is 0.246 e. The molecule has 6 heteroatoms. The van der Waals surface area contributed by atoms with Crippen LogP contribution in [0.2, 0.25) is 0 Å². The zero-order chi connectivity index (χ0) is 11.2. The molecular weight excluding hydrogens is 206 g/mol. The van der Waals surface area contributed by atoms with Crippen LogP contribution in [0.15, 0.2) is 24.4 Å². The smallest absolute Gasteiger partial charge is 0.246 e. The summed E-state index contributed by atoms with van der Waals surface area (Å²) in [5.41, 5.74) is 5.78. The molecule has 3 N–H and O–H groups in total. The van der Waals surface area contributed by atoms with Crippen molar-refractivity contribution in [1.82, 2.24) is 14.6 Å². The number of nitrogens with zero attached hydrogens (tertiary/aromatic N) is 3. The zero-order valence-electron chi connectivity index (χ0n) is 8.55. The zero-order valence-corrected chi connectivity index (χ0v) is 8.55. The van der Waals surface area contributed by atoms with Crippen molar-refractivity contribution in [2.45, 2.75) is 18.4 Å². The number of carbonyl (C=O) groups excluding carboxylic acids is 1. The summed E-state index contributed by atoms with van der Waals surface area (Å²) in [5, 5.41) is 10.5. The second-order valence-electron chi connectivity index (χ2n) is 4.06. The minimum absolute atomic E-state index is 0.189. The lowest BCUT2D eigenvalue weighted by Gasteiger charge is -2.07. The van der Waals surface area contributed by atoms with E-state index in [1.807, 2.05) is 18.2 Å². The molecule has 3 rings (SSSR count). The number of amides is 1. The predicted molar refractivity (Wildman–Crippen MR) is 57.8 cm³/mol. The van der Waals surface area contributed by atoms with Gasteiger partial charge in [0.2, 0.25) is 11.9 Å². The van der Waals surface area contributed by atoms with Crippen LogP contribution in [0.4, 0.5) is 5.95 Å². The van der Waals surface area contributed by atoms with Gasteiger partial charge in [0.25, 0.3) is 0 Å². The lowest BCUT2D eigenvalue weighted by molar-refractivity contribution is -0.118. The van der Waals surface area contributed by atoms with Gasteiger partial charge in [-0.25, -0.2) is 0 Å². The van der Waals surface area contributed by atoms with E-state index in [-0.39, 0.29) is 5.91 Å². The molecule has 0 aliphatic heterocycles. The molecule has 1 saturated carbocycles. The Kier molecular flexibility index (Phi) is 1.75.